The number of imidazole rings is 4. The summed E-state index contributed by atoms with van der Waals surface area (Å²) in [5, 5.41) is 22.3. The molecule has 0 saturated carbocycles. The Morgan fingerprint density at radius 2 is 0.782 bits per heavy atom. The van der Waals surface area contributed by atoms with E-state index in [9.17, 15) is 138 Å². The van der Waals surface area contributed by atoms with E-state index in [1.165, 1.54) is 20.0 Å². The van der Waals surface area contributed by atoms with Gasteiger partial charge in [0.05, 0.1) is 57.8 Å². The summed E-state index contributed by atoms with van der Waals surface area (Å²) in [7, 11) is -62.0. The van der Waals surface area contributed by atoms with Crippen molar-refractivity contribution in [2.75, 3.05) is 84.4 Å². The molecule has 5 aliphatic heterocycles. The van der Waals surface area contributed by atoms with Crippen LogP contribution in [0.1, 0.15) is 79.8 Å². The number of anilines is 4. The van der Waals surface area contributed by atoms with Crippen LogP contribution in [0.4, 0.5) is 23.8 Å². The van der Waals surface area contributed by atoms with Gasteiger partial charge in [0.1, 0.15) is 67.3 Å². The monoisotopic (exact) mass is 2290 g/mol. The number of aliphatic hydroxyl groups excluding tert-OH is 2. The first kappa shape index (κ1) is 118. The number of aromatic nitrogens is 16. The quantitative estimate of drug-likeness (QED) is 0.0152. The zero-order valence-corrected chi connectivity index (χ0v) is 86.2. The number of nitrogen functional groups attached to an aromatic ring is 3. The van der Waals surface area contributed by atoms with Crippen molar-refractivity contribution in [3.8, 4) is 0 Å². The van der Waals surface area contributed by atoms with Crippen molar-refractivity contribution in [3.63, 3.8) is 0 Å². The largest absolute Gasteiger partial charge is 0.407 e. The summed E-state index contributed by atoms with van der Waals surface area (Å²) in [6.45, 7) is 12.5. The first-order valence-electron chi connectivity index (χ1n) is 40.1. The first-order valence-corrected chi connectivity index (χ1v) is 64.3. The van der Waals surface area contributed by atoms with E-state index in [0.717, 1.165) is 23.5 Å². The van der Waals surface area contributed by atoms with Crippen molar-refractivity contribution in [3.05, 3.63) is 66.7 Å². The van der Waals surface area contributed by atoms with E-state index >= 15 is 0 Å². The summed E-state index contributed by atoms with van der Waals surface area (Å²) in [6.07, 6.45) is -15.3. The number of fused-ring (bicyclic) bond motifs is 5. The highest BCUT2D eigenvalue weighted by atomic mass is 31.3. The molecule has 8 aromatic heterocycles. The molecule has 5 aliphatic rings. The van der Waals surface area contributed by atoms with Crippen LogP contribution in [0.5, 0.6) is 0 Å². The molecule has 13 heterocycles. The fourth-order valence-corrected chi connectivity index (χ4v) is 30.8. The topological polar surface area (TPSA) is 1090 Å². The summed E-state index contributed by atoms with van der Waals surface area (Å²) in [5.41, 5.74) is 13.4. The second-order valence-electron chi connectivity index (χ2n) is 34.2. The zero-order chi connectivity index (χ0) is 107. The Hall–Kier alpha value is -6.07. The number of hydrogen-bond donors (Lipinski definition) is 28. The van der Waals surface area contributed by atoms with Crippen LogP contribution >= 0.6 is 91.1 Å². The second-order valence-corrected chi connectivity index (χ2v) is 62.8. The van der Waals surface area contributed by atoms with Crippen molar-refractivity contribution < 1.29 is 218 Å². The molecule has 21 unspecified atom stereocenters. The second kappa shape index (κ2) is 43.5. The number of carbonyl (C=O) groups excluding carboxylic acids is 1. The zero-order valence-electron chi connectivity index (χ0n) is 74.5. The highest BCUT2D eigenvalue weighted by Gasteiger charge is 2.59. The maximum absolute atomic E-state index is 13.1. The third-order valence-corrected chi connectivity index (χ3v) is 45.7. The molecule has 0 bridgehead atoms. The van der Waals surface area contributed by atoms with Crippen LogP contribution in [-0.4, -0.2) is 325 Å². The number of amides is 1. The molecule has 0 aliphatic carbocycles. The minimum absolute atomic E-state index is 0.0220. The van der Waals surface area contributed by atoms with Gasteiger partial charge in [-0.1, -0.05) is 34.6 Å². The molecule has 0 spiro atoms. The average molecular weight is 2290 g/mol. The fourth-order valence-electron chi connectivity index (χ4n) is 13.7. The van der Waals surface area contributed by atoms with Crippen LogP contribution in [-0.2, 0) is 120 Å². The van der Waals surface area contributed by atoms with E-state index in [2.05, 4.69) is 69.6 Å². The summed E-state index contributed by atoms with van der Waals surface area (Å²) >= 11 is 0. The SMILES string of the molecule is CC(C)C(=O)Nc1nc2c(ncn2C2OC(COP(=O)(O)CP(=O)(O)O)C(OP(=O)(O)CP(=O)(O)O)C2O[Si](C)(C)C(C)(C)C)c(=O)[nH]1.CC1(C)OC2C(COP(=O)(O)CP(=O)(O)O)OC(n3cnc4c(=O)[nH]c(N)nc43)C2O1.Nc1nc2c(ncn2C2CC(OP(=O)(O)CP(=O)(O)O)C(COP(=O)(O)CP(=O)(O)O)O2)c(=O)[nH]1.Nc1nc2c(ncn2C2OC(COP(=O)(O)CP(=O)(O)O)C(O)C2O)c(=O)[nH]1. The van der Waals surface area contributed by atoms with E-state index in [1.807, 2.05) is 20.8 Å². The lowest BCUT2D eigenvalue weighted by molar-refractivity contribution is -0.199. The van der Waals surface area contributed by atoms with E-state index in [1.54, 1.807) is 40.8 Å². The Kier molecular flexibility index (Phi) is 36.1. The van der Waals surface area contributed by atoms with E-state index in [0.29, 0.717) is 0 Å². The Morgan fingerprint density at radius 1 is 0.451 bits per heavy atom. The third-order valence-electron chi connectivity index (χ3n) is 20.4. The molecular weight excluding hydrogens is 2190 g/mol. The minimum Gasteiger partial charge on any atom is -0.407 e. The van der Waals surface area contributed by atoms with Gasteiger partial charge in [0.15, 0.2) is 113 Å². The normalized spacial score (nSPS) is 26.2. The molecule has 142 heavy (non-hydrogen) atoms. The number of aliphatic hydroxyl groups is 2. The molecule has 0 radical (unpaired) electrons. The summed E-state index contributed by atoms with van der Waals surface area (Å²) < 4.78 is 217. The molecule has 13 rings (SSSR count). The molecule has 70 nitrogen and oxygen atoms in total. The van der Waals surface area contributed by atoms with Crippen LogP contribution in [0.2, 0.25) is 18.1 Å². The number of nitrogens with zero attached hydrogens (tertiary/aromatic N) is 12. The number of nitrogens with one attached hydrogen (secondary N) is 5. The molecule has 21 atom stereocenters. The van der Waals surface area contributed by atoms with Gasteiger partial charge in [-0.3, -0.25) is 127 Å². The van der Waals surface area contributed by atoms with Gasteiger partial charge in [-0.05, 0) is 32.0 Å². The Balaban J connectivity index is 0.000000199. The van der Waals surface area contributed by atoms with Crippen molar-refractivity contribution in [2.24, 2.45) is 5.92 Å². The average Bonchev–Trinajstić information content (AvgIpc) is 1.59. The number of ether oxygens (including phenoxy) is 6. The predicted molar refractivity (Wildman–Crippen MR) is 481 cm³/mol. The standard InChI is InChI=1S/C22H41N5O16P4Si.C14H21N5O10P2.C12H21N5O14P4.C11H17N5O10P2/c1-12(2)18(28)25-21-24-17-14(19(29)26-21)23-9-27(17)20-16(43-48(6,7)22(3,4)5)15(42-47(38,39)11-45(33,34)35)13(41-20)8-40-46(36,37)10-44(30,31)32;1-14(2)28-8-6(3-26-31(24,25)5-30(21,22)23)27-12(9(8)29-14)19-4-16-7-10(19)17-13(15)18-11(7)20;13-12-15-10-9(11(18)16-12)14-3-17(10)8-1-6(31-35(27,28)5-33(22,23)24)7(30-8)2-29-34(25,26)4-32(19,20)21;12-11-14-8-5(9(19)15-11)13-2-16(8)10-7(18)6(17)4(26-10)1-25-28(23,24)3-27(20,21)22/h9,12-13,15-16,20H,8,10-11H2,1-7H3,(H,36,37)(H,38,39)(H2,30,31,32)(H2,33,34,35)(H2,24,25,26,28,29);4,6,8-9,12H,3,5H2,1-2H3,(H,24,25)(H2,21,22,23)(H3,15,17,18,20);3,6-8H,1-2,4-5H2,(H,25,26)(H,27,28)(H2,19,20,21)(H2,22,23,24)(H3,13,15,16,18);2,4,6-7,10,17-18H,1,3H2,(H,23,24)(H2,20,21,22)(H3,12,14,15,19). The smallest absolute Gasteiger partial charge is 0.340 e. The molecule has 83 heteroatoms. The van der Waals surface area contributed by atoms with Crippen LogP contribution in [0.25, 0.3) is 44.7 Å². The van der Waals surface area contributed by atoms with E-state index < -0.39 is 298 Å². The van der Waals surface area contributed by atoms with Crippen molar-refractivity contribution in [1.82, 2.24) is 78.1 Å². The van der Waals surface area contributed by atoms with Gasteiger partial charge in [-0.2, -0.15) is 19.9 Å². The Bertz CT molecular complexity index is 6890. The van der Waals surface area contributed by atoms with Crippen LogP contribution in [0.3, 0.4) is 0 Å². The van der Waals surface area contributed by atoms with Crippen LogP contribution in [0.15, 0.2) is 44.5 Å². The lowest BCUT2D eigenvalue weighted by Crippen LogP contribution is -2.49. The molecule has 31 N–H and O–H groups in total. The van der Waals surface area contributed by atoms with E-state index in [4.69, 9.17) is 112 Å². The van der Waals surface area contributed by atoms with Crippen molar-refractivity contribution >= 4 is 174 Å². The lowest BCUT2D eigenvalue weighted by Gasteiger charge is -2.40. The van der Waals surface area contributed by atoms with Crippen molar-refractivity contribution in [2.45, 2.75) is 171 Å². The molecular formula is C59H100N20O50P12Si. The van der Waals surface area contributed by atoms with Crippen molar-refractivity contribution in [1.29, 1.82) is 0 Å². The van der Waals surface area contributed by atoms with Gasteiger partial charge in [0, 0.05) is 12.3 Å². The van der Waals surface area contributed by atoms with E-state index in [-0.39, 0.29) is 74.9 Å². The fraction of sp³-hybridized carbons (Fsp3) is 0.644. The molecule has 1 amide bonds. The highest BCUT2D eigenvalue weighted by molar-refractivity contribution is 7.72. The lowest BCUT2D eigenvalue weighted by atomic mass is 10.1. The number of hydrogen-bond acceptors (Lipinski definition) is 43. The van der Waals surface area contributed by atoms with Crippen LogP contribution < -0.4 is 44.8 Å². The van der Waals surface area contributed by atoms with Gasteiger partial charge < -0.3 is 171 Å². The third kappa shape index (κ3) is 32.0. The van der Waals surface area contributed by atoms with Gasteiger partial charge in [0.25, 0.3) is 22.2 Å². The van der Waals surface area contributed by atoms with Gasteiger partial charge in [0.2, 0.25) is 29.7 Å². The summed E-state index contributed by atoms with van der Waals surface area (Å²) in [6, 6.07) is 0. The number of rotatable bonds is 36. The number of aromatic amines is 4. The molecule has 8 aromatic rings. The summed E-state index contributed by atoms with van der Waals surface area (Å²) in [4.78, 5) is 270. The Morgan fingerprint density at radius 3 is 1.19 bits per heavy atom. The predicted octanol–water partition coefficient (Wildman–Crippen LogP) is -1.81. The number of carbonyl (C=O) groups is 1. The van der Waals surface area contributed by atoms with Gasteiger partial charge in [-0.15, -0.1) is 0 Å². The van der Waals surface area contributed by atoms with Gasteiger partial charge >= 0.3 is 91.1 Å². The maximum atomic E-state index is 13.1. The highest BCUT2D eigenvalue weighted by Crippen LogP contribution is 2.63. The first-order chi connectivity index (χ1) is 64.5. The van der Waals surface area contributed by atoms with Crippen LogP contribution in [0, 0.1) is 5.92 Å². The maximum Gasteiger partial charge on any atom is 0.340 e. The van der Waals surface area contributed by atoms with Gasteiger partial charge in [-0.25, -0.2) is 19.9 Å². The molecule has 0 aromatic carbocycles. The number of H-pyrrole nitrogens is 4. The minimum atomic E-state index is -5.20. The molecule has 800 valence electrons. The Labute approximate surface area is 794 Å². The molecule has 5 fully saturated rings. The molecule has 5 saturated heterocycles. The number of nitrogens with two attached hydrogens (primary N) is 3. The summed E-state index contributed by atoms with van der Waals surface area (Å²) in [5.74, 6) is -11.9.